The molecule has 0 bridgehead atoms. The number of rotatable bonds is 5. The smallest absolute Gasteiger partial charge is 0.294 e. The number of nitrogens with zero attached hydrogens (tertiary/aromatic N) is 4. The lowest BCUT2D eigenvalue weighted by Crippen LogP contribution is -2.49. The Balaban J connectivity index is 1.64. The van der Waals surface area contributed by atoms with Crippen molar-refractivity contribution in [2.75, 3.05) is 19.6 Å². The first-order chi connectivity index (χ1) is 14.2. The molecule has 2 aromatic carbocycles. The van der Waals surface area contributed by atoms with E-state index >= 15 is 0 Å². The van der Waals surface area contributed by atoms with E-state index < -0.39 is 0 Å². The van der Waals surface area contributed by atoms with Crippen molar-refractivity contribution in [3.8, 4) is 5.69 Å². The van der Waals surface area contributed by atoms with E-state index in [4.69, 9.17) is 0 Å². The van der Waals surface area contributed by atoms with E-state index in [9.17, 15) is 4.79 Å². The largest absolute Gasteiger partial charge is 0.326 e. The van der Waals surface area contributed by atoms with Crippen molar-refractivity contribution >= 4 is 5.91 Å². The maximum Gasteiger partial charge on any atom is 0.294 e. The van der Waals surface area contributed by atoms with Gasteiger partial charge in [-0.1, -0.05) is 56.3 Å². The number of hydrogen-bond donors (Lipinski definition) is 1. The molecule has 1 aliphatic heterocycles. The second-order valence-electron chi connectivity index (χ2n) is 7.27. The van der Waals surface area contributed by atoms with Crippen LogP contribution in [0.15, 0.2) is 54.6 Å². The first kappa shape index (κ1) is 19.3. The van der Waals surface area contributed by atoms with Gasteiger partial charge < -0.3 is 10.2 Å². The molecular formula is C23H27N5O. The molecule has 1 unspecified atom stereocenters. The molecule has 150 valence electrons. The molecule has 0 aliphatic carbocycles. The normalized spacial score (nSPS) is 16.8. The predicted octanol–water partition coefficient (Wildman–Crippen LogP) is 3.18. The maximum absolute atomic E-state index is 13.4. The number of nitrogens with one attached hydrogen (secondary N) is 1. The molecule has 2 heterocycles. The minimum atomic E-state index is -0.111. The molecule has 1 amide bonds. The van der Waals surface area contributed by atoms with Gasteiger partial charge in [-0.2, -0.15) is 0 Å². The number of benzene rings is 2. The third kappa shape index (κ3) is 3.93. The highest BCUT2D eigenvalue weighted by Crippen LogP contribution is 2.24. The van der Waals surface area contributed by atoms with Crippen LogP contribution in [0.3, 0.4) is 0 Å². The van der Waals surface area contributed by atoms with Crippen LogP contribution in [0.5, 0.6) is 0 Å². The fourth-order valence-electron chi connectivity index (χ4n) is 3.79. The summed E-state index contributed by atoms with van der Waals surface area (Å²) in [5, 5.41) is 7.99. The summed E-state index contributed by atoms with van der Waals surface area (Å²) in [4.78, 5) is 19.9. The van der Waals surface area contributed by atoms with E-state index in [1.165, 1.54) is 5.56 Å². The molecule has 6 nitrogen and oxygen atoms in total. The summed E-state index contributed by atoms with van der Waals surface area (Å²) in [5.41, 5.74) is 3.36. The van der Waals surface area contributed by atoms with Gasteiger partial charge in [-0.25, -0.2) is 9.67 Å². The Kier molecular flexibility index (Phi) is 5.71. The summed E-state index contributed by atoms with van der Waals surface area (Å²) >= 11 is 0. The Bertz CT molecular complexity index is 965. The van der Waals surface area contributed by atoms with E-state index in [0.29, 0.717) is 13.0 Å². The topological polar surface area (TPSA) is 63.1 Å². The molecule has 1 aliphatic rings. The van der Waals surface area contributed by atoms with Gasteiger partial charge in [0.15, 0.2) is 0 Å². The van der Waals surface area contributed by atoms with Crippen LogP contribution in [0.2, 0.25) is 0 Å². The van der Waals surface area contributed by atoms with Gasteiger partial charge in [0.1, 0.15) is 5.82 Å². The van der Waals surface area contributed by atoms with Crippen LogP contribution < -0.4 is 5.32 Å². The SMILES string of the molecule is CCc1ccc(C2CNCCN2C(=O)c2nc(CC)n(-c3ccccc3)n2)cc1. The molecule has 6 heteroatoms. The van der Waals surface area contributed by atoms with Crippen LogP contribution in [-0.4, -0.2) is 45.2 Å². The van der Waals surface area contributed by atoms with Crippen LogP contribution in [0.25, 0.3) is 5.69 Å². The van der Waals surface area contributed by atoms with Crippen molar-refractivity contribution in [1.82, 2.24) is 25.0 Å². The van der Waals surface area contributed by atoms with Gasteiger partial charge in [0.25, 0.3) is 5.91 Å². The van der Waals surface area contributed by atoms with Crippen molar-refractivity contribution in [2.24, 2.45) is 0 Å². The molecule has 4 rings (SSSR count). The summed E-state index contributed by atoms with van der Waals surface area (Å²) in [6.45, 7) is 6.32. The maximum atomic E-state index is 13.4. The average Bonchev–Trinajstić information content (AvgIpc) is 3.24. The Morgan fingerprint density at radius 1 is 1.07 bits per heavy atom. The van der Waals surface area contributed by atoms with Crippen LogP contribution in [0, 0.1) is 0 Å². The lowest BCUT2D eigenvalue weighted by molar-refractivity contribution is 0.0621. The van der Waals surface area contributed by atoms with Crippen LogP contribution in [0.4, 0.5) is 0 Å². The van der Waals surface area contributed by atoms with E-state index in [2.05, 4.69) is 46.6 Å². The number of carbonyl (C=O) groups is 1. The van der Waals surface area contributed by atoms with Crippen LogP contribution >= 0.6 is 0 Å². The molecule has 1 atom stereocenters. The standard InChI is InChI=1S/C23H27N5O/c1-3-17-10-12-18(13-11-17)20-16-24-14-15-27(20)23(29)22-25-21(4-2)28(26-22)19-8-6-5-7-9-19/h5-13,20,24H,3-4,14-16H2,1-2H3. The summed E-state index contributed by atoms with van der Waals surface area (Å²) in [5.74, 6) is 0.946. The molecular weight excluding hydrogens is 362 g/mol. The van der Waals surface area contributed by atoms with Gasteiger partial charge in [-0.05, 0) is 29.7 Å². The molecule has 1 N–H and O–H groups in total. The first-order valence-corrected chi connectivity index (χ1v) is 10.3. The van der Waals surface area contributed by atoms with Gasteiger partial charge in [-0.15, -0.1) is 5.10 Å². The van der Waals surface area contributed by atoms with Crippen molar-refractivity contribution in [3.05, 3.63) is 77.4 Å². The zero-order valence-electron chi connectivity index (χ0n) is 17.0. The summed E-state index contributed by atoms with van der Waals surface area (Å²) in [6.07, 6.45) is 1.71. The van der Waals surface area contributed by atoms with Crippen molar-refractivity contribution in [2.45, 2.75) is 32.7 Å². The molecule has 0 saturated carbocycles. The number of amides is 1. The molecule has 1 saturated heterocycles. The van der Waals surface area contributed by atoms with Crippen molar-refractivity contribution in [3.63, 3.8) is 0 Å². The van der Waals surface area contributed by atoms with Gasteiger partial charge in [0.05, 0.1) is 11.7 Å². The molecule has 29 heavy (non-hydrogen) atoms. The Hall–Kier alpha value is -2.99. The molecule has 1 fully saturated rings. The lowest BCUT2D eigenvalue weighted by atomic mass is 10.0. The number of para-hydroxylation sites is 1. The molecule has 1 aromatic heterocycles. The number of aryl methyl sites for hydroxylation is 2. The third-order valence-electron chi connectivity index (χ3n) is 5.46. The minimum absolute atomic E-state index is 0.0177. The van der Waals surface area contributed by atoms with Gasteiger partial charge in [-0.3, -0.25) is 4.79 Å². The molecule has 3 aromatic rings. The van der Waals surface area contributed by atoms with Gasteiger partial charge in [0.2, 0.25) is 5.82 Å². The predicted molar refractivity (Wildman–Crippen MR) is 113 cm³/mol. The van der Waals surface area contributed by atoms with Crippen LogP contribution in [-0.2, 0) is 12.8 Å². The van der Waals surface area contributed by atoms with Crippen LogP contribution in [0.1, 0.15) is 47.5 Å². The fourth-order valence-corrected chi connectivity index (χ4v) is 3.79. The van der Waals surface area contributed by atoms with E-state index in [1.807, 2.05) is 42.2 Å². The fraction of sp³-hybridized carbons (Fsp3) is 0.348. The Morgan fingerprint density at radius 3 is 2.52 bits per heavy atom. The zero-order valence-corrected chi connectivity index (χ0v) is 17.0. The summed E-state index contributed by atoms with van der Waals surface area (Å²) in [6, 6.07) is 18.4. The molecule has 0 spiro atoms. The highest BCUT2D eigenvalue weighted by molar-refractivity contribution is 5.91. The van der Waals surface area contributed by atoms with E-state index in [0.717, 1.165) is 36.6 Å². The monoisotopic (exact) mass is 389 g/mol. The minimum Gasteiger partial charge on any atom is -0.326 e. The van der Waals surface area contributed by atoms with E-state index in [1.54, 1.807) is 4.68 Å². The Morgan fingerprint density at radius 2 is 1.83 bits per heavy atom. The van der Waals surface area contributed by atoms with Crippen molar-refractivity contribution in [1.29, 1.82) is 0 Å². The highest BCUT2D eigenvalue weighted by atomic mass is 16.2. The quantitative estimate of drug-likeness (QED) is 0.728. The first-order valence-electron chi connectivity index (χ1n) is 10.3. The number of carbonyl (C=O) groups excluding carboxylic acids is 1. The highest BCUT2D eigenvalue weighted by Gasteiger charge is 2.31. The molecule has 0 radical (unpaired) electrons. The number of piperazine rings is 1. The summed E-state index contributed by atoms with van der Waals surface area (Å²) < 4.78 is 1.78. The zero-order chi connectivity index (χ0) is 20.2. The van der Waals surface area contributed by atoms with Crippen molar-refractivity contribution < 1.29 is 4.79 Å². The average molecular weight is 390 g/mol. The number of aromatic nitrogens is 3. The third-order valence-corrected chi connectivity index (χ3v) is 5.46. The van der Waals surface area contributed by atoms with E-state index in [-0.39, 0.29) is 17.8 Å². The lowest BCUT2D eigenvalue weighted by Gasteiger charge is -2.36. The van der Waals surface area contributed by atoms with Gasteiger partial charge in [0, 0.05) is 26.1 Å². The Labute approximate surface area is 171 Å². The second kappa shape index (κ2) is 8.57. The number of hydrogen-bond acceptors (Lipinski definition) is 4. The van der Waals surface area contributed by atoms with Gasteiger partial charge >= 0.3 is 0 Å². The summed E-state index contributed by atoms with van der Waals surface area (Å²) in [7, 11) is 0. The second-order valence-corrected chi connectivity index (χ2v) is 7.27.